The van der Waals surface area contributed by atoms with E-state index in [2.05, 4.69) is 48.2 Å². The summed E-state index contributed by atoms with van der Waals surface area (Å²) in [6, 6.07) is 5.01. The maximum absolute atomic E-state index is 11.5. The van der Waals surface area contributed by atoms with Crippen LogP contribution in [0, 0.1) is 17.2 Å². The van der Waals surface area contributed by atoms with E-state index in [-0.39, 0.29) is 11.9 Å². The van der Waals surface area contributed by atoms with Gasteiger partial charge in [-0.1, -0.05) is 13.8 Å². The van der Waals surface area contributed by atoms with Crippen LogP contribution in [0.2, 0.25) is 0 Å². The summed E-state index contributed by atoms with van der Waals surface area (Å²) in [4.78, 5) is 16.0. The number of fused-ring (bicyclic) bond motifs is 1. The number of carbonyl (C=O) groups excluding carboxylic acids is 1. The minimum Gasteiger partial charge on any atom is -0.309 e. The SMILES string of the molecule is CC(C)CN1CC[C@H](Cc2ccn3ncc(N4CCC(=O)NC4=N)c3c2)C[C@@H]1C. The number of likely N-dealkylation sites (tertiary alicyclic amines) is 1. The molecule has 7 nitrogen and oxygen atoms in total. The monoisotopic (exact) mass is 396 g/mol. The van der Waals surface area contributed by atoms with Crippen molar-refractivity contribution >= 4 is 23.1 Å². The first-order valence-electron chi connectivity index (χ1n) is 10.8. The highest BCUT2D eigenvalue weighted by Crippen LogP contribution is 2.29. The van der Waals surface area contributed by atoms with Gasteiger partial charge in [0.15, 0.2) is 0 Å². The van der Waals surface area contributed by atoms with Gasteiger partial charge in [-0.3, -0.25) is 15.5 Å². The summed E-state index contributed by atoms with van der Waals surface area (Å²) in [5.41, 5.74) is 3.20. The van der Waals surface area contributed by atoms with Crippen molar-refractivity contribution in [2.24, 2.45) is 11.8 Å². The summed E-state index contributed by atoms with van der Waals surface area (Å²) in [5, 5.41) is 15.2. The van der Waals surface area contributed by atoms with Gasteiger partial charge in [0.05, 0.1) is 17.4 Å². The number of guanidine groups is 1. The minimum atomic E-state index is -0.0960. The quantitative estimate of drug-likeness (QED) is 0.815. The highest BCUT2D eigenvalue weighted by molar-refractivity contribution is 6.08. The van der Waals surface area contributed by atoms with Crippen molar-refractivity contribution in [1.82, 2.24) is 19.8 Å². The molecule has 29 heavy (non-hydrogen) atoms. The molecule has 0 unspecified atom stereocenters. The summed E-state index contributed by atoms with van der Waals surface area (Å²) < 4.78 is 1.86. The number of hydrogen-bond donors (Lipinski definition) is 2. The molecule has 7 heteroatoms. The molecular formula is C22H32N6O. The van der Waals surface area contributed by atoms with Gasteiger partial charge in [-0.15, -0.1) is 0 Å². The van der Waals surface area contributed by atoms with Crippen molar-refractivity contribution in [3.05, 3.63) is 30.1 Å². The summed E-state index contributed by atoms with van der Waals surface area (Å²) >= 11 is 0. The molecule has 0 radical (unpaired) electrons. The van der Waals surface area contributed by atoms with Gasteiger partial charge in [0, 0.05) is 31.7 Å². The smallest absolute Gasteiger partial charge is 0.228 e. The van der Waals surface area contributed by atoms with E-state index < -0.39 is 0 Å². The van der Waals surface area contributed by atoms with Crippen molar-refractivity contribution in [2.45, 2.75) is 52.5 Å². The molecule has 156 valence electrons. The lowest BCUT2D eigenvalue weighted by Crippen LogP contribution is -2.50. The van der Waals surface area contributed by atoms with Gasteiger partial charge in [-0.05, 0) is 62.3 Å². The normalized spacial score (nSPS) is 23.8. The van der Waals surface area contributed by atoms with Crippen LogP contribution < -0.4 is 10.2 Å². The van der Waals surface area contributed by atoms with E-state index >= 15 is 0 Å². The van der Waals surface area contributed by atoms with E-state index in [9.17, 15) is 4.79 Å². The van der Waals surface area contributed by atoms with Gasteiger partial charge >= 0.3 is 0 Å². The molecule has 2 aromatic rings. The highest BCUT2D eigenvalue weighted by Gasteiger charge is 2.27. The molecule has 2 N–H and O–H groups in total. The second-order valence-electron chi connectivity index (χ2n) is 9.03. The molecule has 2 atom stereocenters. The number of carbonyl (C=O) groups is 1. The van der Waals surface area contributed by atoms with Gasteiger partial charge in [0.2, 0.25) is 11.9 Å². The fourth-order valence-corrected chi connectivity index (χ4v) is 4.75. The van der Waals surface area contributed by atoms with E-state index in [4.69, 9.17) is 5.41 Å². The molecule has 2 saturated heterocycles. The molecule has 0 bridgehead atoms. The maximum atomic E-state index is 11.5. The zero-order chi connectivity index (χ0) is 20.5. The van der Waals surface area contributed by atoms with Crippen LogP contribution in [0.5, 0.6) is 0 Å². The Labute approximate surface area is 172 Å². The molecule has 0 spiro atoms. The van der Waals surface area contributed by atoms with Crippen LogP contribution in [-0.4, -0.2) is 52.1 Å². The third-order valence-electron chi connectivity index (χ3n) is 6.19. The molecule has 4 rings (SSSR count). The molecular weight excluding hydrogens is 364 g/mol. The predicted molar refractivity (Wildman–Crippen MR) is 115 cm³/mol. The Morgan fingerprint density at radius 1 is 1.34 bits per heavy atom. The van der Waals surface area contributed by atoms with Crippen LogP contribution in [0.25, 0.3) is 5.52 Å². The van der Waals surface area contributed by atoms with E-state index in [1.54, 1.807) is 6.20 Å². The van der Waals surface area contributed by atoms with Gasteiger partial charge in [0.25, 0.3) is 0 Å². The maximum Gasteiger partial charge on any atom is 0.228 e. The Bertz CT molecular complexity index is 904. The van der Waals surface area contributed by atoms with E-state index in [0.29, 0.717) is 24.9 Å². The summed E-state index contributed by atoms with van der Waals surface area (Å²) in [5.74, 6) is 1.46. The lowest BCUT2D eigenvalue weighted by molar-refractivity contribution is -0.119. The number of rotatable bonds is 5. The van der Waals surface area contributed by atoms with Crippen molar-refractivity contribution in [3.63, 3.8) is 0 Å². The van der Waals surface area contributed by atoms with E-state index in [1.165, 1.54) is 31.5 Å². The zero-order valence-electron chi connectivity index (χ0n) is 17.7. The van der Waals surface area contributed by atoms with Crippen molar-refractivity contribution < 1.29 is 4.79 Å². The Morgan fingerprint density at radius 2 is 2.17 bits per heavy atom. The van der Waals surface area contributed by atoms with Crippen LogP contribution in [0.1, 0.15) is 45.6 Å². The topological polar surface area (TPSA) is 76.7 Å². The van der Waals surface area contributed by atoms with Crippen molar-refractivity contribution in [2.75, 3.05) is 24.5 Å². The molecule has 0 aliphatic carbocycles. The number of nitrogens with zero attached hydrogens (tertiary/aromatic N) is 4. The molecule has 2 aromatic heterocycles. The van der Waals surface area contributed by atoms with E-state index in [1.807, 2.05) is 15.6 Å². The molecule has 4 heterocycles. The van der Waals surface area contributed by atoms with Gasteiger partial charge < -0.3 is 9.80 Å². The van der Waals surface area contributed by atoms with Crippen LogP contribution in [0.3, 0.4) is 0 Å². The second-order valence-corrected chi connectivity index (χ2v) is 9.03. The number of piperidine rings is 1. The Hall–Kier alpha value is -2.41. The largest absolute Gasteiger partial charge is 0.309 e. The van der Waals surface area contributed by atoms with E-state index in [0.717, 1.165) is 23.5 Å². The number of nitrogens with one attached hydrogen (secondary N) is 2. The molecule has 2 fully saturated rings. The number of amides is 1. The van der Waals surface area contributed by atoms with Crippen LogP contribution in [0.15, 0.2) is 24.5 Å². The van der Waals surface area contributed by atoms with Crippen molar-refractivity contribution in [3.8, 4) is 0 Å². The predicted octanol–water partition coefficient (Wildman–Crippen LogP) is 2.89. The Kier molecular flexibility index (Phi) is 5.58. The Morgan fingerprint density at radius 3 is 2.90 bits per heavy atom. The first-order valence-corrected chi connectivity index (χ1v) is 10.8. The average Bonchev–Trinajstić information content (AvgIpc) is 3.07. The third-order valence-corrected chi connectivity index (χ3v) is 6.19. The summed E-state index contributed by atoms with van der Waals surface area (Å²) in [6.07, 6.45) is 7.76. The number of anilines is 1. The lowest BCUT2D eigenvalue weighted by Gasteiger charge is -2.38. The number of hydrogen-bond acceptors (Lipinski definition) is 4. The van der Waals surface area contributed by atoms with Gasteiger partial charge in [-0.2, -0.15) is 5.10 Å². The van der Waals surface area contributed by atoms with Crippen LogP contribution in [0.4, 0.5) is 5.69 Å². The fraction of sp³-hybridized carbons (Fsp3) is 0.591. The molecule has 2 aliphatic rings. The molecule has 2 aliphatic heterocycles. The lowest BCUT2D eigenvalue weighted by atomic mass is 9.86. The third kappa shape index (κ3) is 4.29. The van der Waals surface area contributed by atoms with Gasteiger partial charge in [-0.25, -0.2) is 4.52 Å². The van der Waals surface area contributed by atoms with Gasteiger partial charge in [0.1, 0.15) is 0 Å². The first kappa shape index (κ1) is 19.9. The second kappa shape index (κ2) is 8.14. The van der Waals surface area contributed by atoms with Crippen molar-refractivity contribution in [1.29, 1.82) is 5.41 Å². The fourth-order valence-electron chi connectivity index (χ4n) is 4.75. The zero-order valence-corrected chi connectivity index (χ0v) is 17.7. The number of aromatic nitrogens is 2. The molecule has 1 amide bonds. The summed E-state index contributed by atoms with van der Waals surface area (Å²) in [6.45, 7) is 9.85. The van der Waals surface area contributed by atoms with Crippen LogP contribution >= 0.6 is 0 Å². The summed E-state index contributed by atoms with van der Waals surface area (Å²) in [7, 11) is 0. The average molecular weight is 397 g/mol. The molecule has 0 aromatic carbocycles. The number of pyridine rings is 1. The van der Waals surface area contributed by atoms with Crippen LogP contribution in [-0.2, 0) is 11.2 Å². The molecule has 0 saturated carbocycles. The highest BCUT2D eigenvalue weighted by atomic mass is 16.2. The minimum absolute atomic E-state index is 0.0960. The first-order chi connectivity index (χ1) is 13.9. The Balaban J connectivity index is 1.48. The standard InChI is InChI=1S/C22H32N6O/c1-15(2)14-26-7-4-17(10-16(26)3)11-18-5-9-28-19(12-18)20(13-24-28)27-8-6-21(29)25-22(27)23/h5,9,12-13,15-17H,4,6-8,10-11,14H2,1-3H3,(H2,23,25,29)/t16-,17-/m0/s1.